The van der Waals surface area contributed by atoms with E-state index >= 15 is 0 Å². The highest BCUT2D eigenvalue weighted by Gasteiger charge is 2.21. The molecule has 2 aromatic carbocycles. The molecule has 0 amide bonds. The fourth-order valence-corrected chi connectivity index (χ4v) is 3.56. The van der Waals surface area contributed by atoms with Gasteiger partial charge in [0.15, 0.2) is 11.5 Å². The van der Waals surface area contributed by atoms with Gasteiger partial charge in [0.2, 0.25) is 12.7 Å². The number of anilines is 1. The van der Waals surface area contributed by atoms with Gasteiger partial charge in [0.25, 0.3) is 0 Å². The number of rotatable bonds is 6. The summed E-state index contributed by atoms with van der Waals surface area (Å²) < 4.78 is 22.0. The highest BCUT2D eigenvalue weighted by molar-refractivity contribution is 5.86. The second kappa shape index (κ2) is 8.51. The highest BCUT2D eigenvalue weighted by Crippen LogP contribution is 2.42. The third-order valence-corrected chi connectivity index (χ3v) is 4.90. The lowest BCUT2D eigenvalue weighted by molar-refractivity contribution is -0.131. The van der Waals surface area contributed by atoms with E-state index in [0.29, 0.717) is 39.8 Å². The zero-order valence-electron chi connectivity index (χ0n) is 17.6. The molecular formula is C23H23N3O5. The third kappa shape index (κ3) is 4.09. The molecule has 0 bridgehead atoms. The van der Waals surface area contributed by atoms with Gasteiger partial charge in [-0.25, -0.2) is 9.97 Å². The molecule has 0 atom stereocenters. The molecule has 2 heterocycles. The van der Waals surface area contributed by atoms with E-state index in [9.17, 15) is 4.79 Å². The summed E-state index contributed by atoms with van der Waals surface area (Å²) in [4.78, 5) is 20.5. The molecule has 31 heavy (non-hydrogen) atoms. The van der Waals surface area contributed by atoms with E-state index in [1.807, 2.05) is 24.3 Å². The molecule has 8 nitrogen and oxygen atoms in total. The summed E-state index contributed by atoms with van der Waals surface area (Å²) in [5, 5.41) is 0. The van der Waals surface area contributed by atoms with Crippen molar-refractivity contribution in [1.82, 2.24) is 9.97 Å². The molecule has 0 fully saturated rings. The van der Waals surface area contributed by atoms with Gasteiger partial charge < -0.3 is 24.7 Å². The first-order valence-electron chi connectivity index (χ1n) is 9.92. The molecule has 3 aromatic rings. The number of hydrogen-bond acceptors (Lipinski definition) is 8. The molecule has 4 rings (SSSR count). The predicted molar refractivity (Wildman–Crippen MR) is 115 cm³/mol. The summed E-state index contributed by atoms with van der Waals surface area (Å²) in [5.74, 6) is 1.97. The first-order chi connectivity index (χ1) is 15.0. The van der Waals surface area contributed by atoms with Crippen molar-refractivity contribution in [3.05, 3.63) is 42.1 Å². The Kier molecular flexibility index (Phi) is 5.62. The van der Waals surface area contributed by atoms with Gasteiger partial charge in [-0.05, 0) is 35.7 Å². The average Bonchev–Trinajstić information content (AvgIpc) is 3.22. The lowest BCUT2D eigenvalue weighted by atomic mass is 9.96. The topological polar surface area (TPSA) is 106 Å². The van der Waals surface area contributed by atoms with Crippen LogP contribution in [0.25, 0.3) is 22.4 Å². The molecule has 2 N–H and O–H groups in total. The third-order valence-electron chi connectivity index (χ3n) is 4.90. The van der Waals surface area contributed by atoms with Crippen LogP contribution in [0.5, 0.6) is 23.0 Å². The van der Waals surface area contributed by atoms with Gasteiger partial charge in [-0.1, -0.05) is 19.4 Å². The zero-order valence-corrected chi connectivity index (χ0v) is 17.6. The molecular weight excluding hydrogens is 398 g/mol. The number of esters is 1. The number of methoxy groups -OCH3 is 1. The summed E-state index contributed by atoms with van der Waals surface area (Å²) in [7, 11) is 1.59. The van der Waals surface area contributed by atoms with Crippen LogP contribution in [-0.2, 0) is 11.2 Å². The molecule has 0 aliphatic carbocycles. The van der Waals surface area contributed by atoms with Crippen LogP contribution in [0, 0.1) is 0 Å². The summed E-state index contributed by atoms with van der Waals surface area (Å²) in [6, 6.07) is 9.24. The van der Waals surface area contributed by atoms with Crippen LogP contribution in [0.15, 0.2) is 36.5 Å². The Bertz CT molecular complexity index is 1150. The first-order valence-corrected chi connectivity index (χ1v) is 9.92. The quantitative estimate of drug-likeness (QED) is 0.470. The van der Waals surface area contributed by atoms with Crippen LogP contribution >= 0.6 is 0 Å². The average molecular weight is 421 g/mol. The van der Waals surface area contributed by atoms with Gasteiger partial charge in [0.1, 0.15) is 11.5 Å². The van der Waals surface area contributed by atoms with E-state index in [1.54, 1.807) is 19.4 Å². The maximum Gasteiger partial charge on any atom is 0.308 e. The summed E-state index contributed by atoms with van der Waals surface area (Å²) in [6.07, 6.45) is 3.36. The number of nitrogens with zero attached hydrogens (tertiary/aromatic N) is 2. The number of nitrogen functional groups attached to an aromatic ring is 1. The number of hydrogen-bond donors (Lipinski definition) is 1. The van der Waals surface area contributed by atoms with Crippen molar-refractivity contribution in [2.75, 3.05) is 19.6 Å². The van der Waals surface area contributed by atoms with E-state index in [1.165, 1.54) is 6.92 Å². The van der Waals surface area contributed by atoms with Crippen LogP contribution in [0.3, 0.4) is 0 Å². The largest absolute Gasteiger partial charge is 0.496 e. The molecule has 1 aromatic heterocycles. The van der Waals surface area contributed by atoms with Crippen LogP contribution in [-0.4, -0.2) is 29.8 Å². The van der Waals surface area contributed by atoms with Gasteiger partial charge in [-0.15, -0.1) is 0 Å². The van der Waals surface area contributed by atoms with Gasteiger partial charge >= 0.3 is 5.97 Å². The van der Waals surface area contributed by atoms with Gasteiger partial charge in [0, 0.05) is 30.3 Å². The SMILES string of the molecule is CCCc1cc(-c2nc(N)ncc2-c2ccc3c(c2)OCO3)c(OC(C)=O)cc1OC. The van der Waals surface area contributed by atoms with Crippen molar-refractivity contribution in [3.8, 4) is 45.4 Å². The van der Waals surface area contributed by atoms with E-state index in [2.05, 4.69) is 16.9 Å². The fourth-order valence-electron chi connectivity index (χ4n) is 3.56. The molecule has 8 heteroatoms. The summed E-state index contributed by atoms with van der Waals surface area (Å²) in [6.45, 7) is 3.61. The van der Waals surface area contributed by atoms with Gasteiger partial charge in [-0.3, -0.25) is 4.79 Å². The smallest absolute Gasteiger partial charge is 0.308 e. The summed E-state index contributed by atoms with van der Waals surface area (Å²) in [5.41, 5.74) is 9.62. The molecule has 160 valence electrons. The number of nitrogens with two attached hydrogens (primary N) is 1. The molecule has 0 saturated heterocycles. The van der Waals surface area contributed by atoms with Crippen LogP contribution < -0.4 is 24.7 Å². The lowest BCUT2D eigenvalue weighted by Gasteiger charge is -2.17. The number of aromatic nitrogens is 2. The van der Waals surface area contributed by atoms with E-state index in [0.717, 1.165) is 24.0 Å². The molecule has 1 aliphatic rings. The number of benzene rings is 2. The Morgan fingerprint density at radius 1 is 1.13 bits per heavy atom. The van der Waals surface area contributed by atoms with Gasteiger partial charge in [0.05, 0.1) is 12.8 Å². The normalized spacial score (nSPS) is 12.0. The van der Waals surface area contributed by atoms with Crippen LogP contribution in [0.2, 0.25) is 0 Å². The van der Waals surface area contributed by atoms with Crippen LogP contribution in [0.1, 0.15) is 25.8 Å². The summed E-state index contributed by atoms with van der Waals surface area (Å²) >= 11 is 0. The second-order valence-electron chi connectivity index (χ2n) is 7.06. The molecule has 0 radical (unpaired) electrons. The maximum absolute atomic E-state index is 11.8. The van der Waals surface area contributed by atoms with Crippen molar-refractivity contribution < 1.29 is 23.7 Å². The maximum atomic E-state index is 11.8. The lowest BCUT2D eigenvalue weighted by Crippen LogP contribution is -2.06. The van der Waals surface area contributed by atoms with Crippen molar-refractivity contribution in [2.45, 2.75) is 26.7 Å². The number of carbonyl (C=O) groups is 1. The minimum atomic E-state index is -0.446. The number of carbonyl (C=O) groups excluding carboxylic acids is 1. The van der Waals surface area contributed by atoms with Crippen molar-refractivity contribution in [2.24, 2.45) is 0 Å². The number of ether oxygens (including phenoxy) is 4. The minimum Gasteiger partial charge on any atom is -0.496 e. The van der Waals surface area contributed by atoms with Crippen molar-refractivity contribution >= 4 is 11.9 Å². The minimum absolute atomic E-state index is 0.112. The molecule has 0 spiro atoms. The molecule has 1 aliphatic heterocycles. The Labute approximate surface area is 179 Å². The molecule has 0 unspecified atom stereocenters. The van der Waals surface area contributed by atoms with Crippen molar-refractivity contribution in [1.29, 1.82) is 0 Å². The second-order valence-corrected chi connectivity index (χ2v) is 7.06. The number of aryl methyl sites for hydroxylation is 1. The Hall–Kier alpha value is -3.81. The van der Waals surface area contributed by atoms with Crippen molar-refractivity contribution in [3.63, 3.8) is 0 Å². The monoisotopic (exact) mass is 421 g/mol. The molecule has 0 saturated carbocycles. The Balaban J connectivity index is 1.93. The Morgan fingerprint density at radius 2 is 1.94 bits per heavy atom. The standard InChI is InChI=1S/C23H23N3O5/c1-4-5-15-8-16(20(31-13(2)27)10-19(15)28-3)22-17(11-25-23(24)26-22)14-6-7-18-21(9-14)30-12-29-18/h6-11H,4-5,12H2,1-3H3,(H2,24,25,26). The Morgan fingerprint density at radius 3 is 2.68 bits per heavy atom. The number of fused-ring (bicyclic) bond motifs is 1. The highest BCUT2D eigenvalue weighted by atomic mass is 16.7. The predicted octanol–water partition coefficient (Wildman–Crippen LogP) is 4.01. The first kappa shape index (κ1) is 20.5. The zero-order chi connectivity index (χ0) is 22.0. The van der Waals surface area contributed by atoms with E-state index in [4.69, 9.17) is 24.7 Å². The van der Waals surface area contributed by atoms with E-state index in [-0.39, 0.29) is 12.7 Å². The van der Waals surface area contributed by atoms with Gasteiger partial charge in [-0.2, -0.15) is 0 Å². The van der Waals surface area contributed by atoms with E-state index < -0.39 is 5.97 Å². The fraction of sp³-hybridized carbons (Fsp3) is 0.261. The van der Waals surface area contributed by atoms with Crippen LogP contribution in [0.4, 0.5) is 5.95 Å².